The number of nitrogens with one attached hydrogen (secondary N) is 1. The monoisotopic (exact) mass is 1290 g/mol. The van der Waals surface area contributed by atoms with Gasteiger partial charge in [0.1, 0.15) is 30.2 Å². The van der Waals surface area contributed by atoms with Gasteiger partial charge in [0.15, 0.2) is 6.29 Å². The van der Waals surface area contributed by atoms with Gasteiger partial charge in [-0.3, -0.25) is 23.7 Å². The van der Waals surface area contributed by atoms with Crippen LogP contribution < -0.4 is 5.32 Å². The lowest BCUT2D eigenvalue weighted by molar-refractivity contribution is -0.278. The first-order valence-electron chi connectivity index (χ1n) is 36.9. The third-order valence-corrected chi connectivity index (χ3v) is 18.1. The third kappa shape index (κ3) is 50.1. The Bertz CT molecular complexity index is 1680. The molecule has 1 saturated heterocycles. The number of ketones is 1. The quantitative estimate of drug-likeness (QED) is 0.0188. The first-order chi connectivity index (χ1) is 43.1. The van der Waals surface area contributed by atoms with E-state index in [1.165, 1.54) is 167 Å². The summed E-state index contributed by atoms with van der Waals surface area (Å²) < 4.78 is 41.0. The number of Topliss-reactive ketones (excluding diaryl/α,β-unsaturated/α-hetero) is 1. The molecule has 0 aromatic heterocycles. The van der Waals surface area contributed by atoms with Crippen molar-refractivity contribution in [2.24, 2.45) is 5.92 Å². The van der Waals surface area contributed by atoms with Crippen molar-refractivity contribution in [1.82, 2.24) is 10.2 Å². The predicted octanol–water partition coefficient (Wildman–Crippen LogP) is 16.4. The summed E-state index contributed by atoms with van der Waals surface area (Å²) in [6.07, 6.45) is 36.9. The molecule has 18 heteroatoms. The number of rotatable bonds is 62. The van der Waals surface area contributed by atoms with Crippen LogP contribution in [-0.4, -0.2) is 136 Å². The maximum absolute atomic E-state index is 14.5. The van der Waals surface area contributed by atoms with Crippen LogP contribution in [0.4, 0.5) is 0 Å². The minimum atomic E-state index is -5.30. The molecule has 0 saturated carbocycles. The number of esters is 2. The highest BCUT2D eigenvalue weighted by molar-refractivity contribution is 7.46. The average molecular weight is 1290 g/mol. The van der Waals surface area contributed by atoms with Crippen molar-refractivity contribution in [3.8, 4) is 0 Å². The van der Waals surface area contributed by atoms with Gasteiger partial charge < -0.3 is 54.3 Å². The van der Waals surface area contributed by atoms with Crippen LogP contribution in [0.3, 0.4) is 0 Å². The summed E-state index contributed by atoms with van der Waals surface area (Å²) in [7, 11) is -5.30. The lowest BCUT2D eigenvalue weighted by Gasteiger charge is -2.43. The number of hydrogen-bond acceptors (Lipinski definition) is 14. The van der Waals surface area contributed by atoms with E-state index in [1.807, 2.05) is 0 Å². The zero-order valence-corrected chi connectivity index (χ0v) is 59.0. The van der Waals surface area contributed by atoms with Crippen molar-refractivity contribution < 1.29 is 72.3 Å². The van der Waals surface area contributed by atoms with E-state index in [1.54, 1.807) is 0 Å². The van der Waals surface area contributed by atoms with Crippen molar-refractivity contribution >= 4 is 31.5 Å². The summed E-state index contributed by atoms with van der Waals surface area (Å²) in [4.78, 5) is 76.8. The van der Waals surface area contributed by atoms with E-state index in [4.69, 9.17) is 23.5 Å². The lowest BCUT2D eigenvalue weighted by Crippen LogP contribution is -2.60. The Morgan fingerprint density at radius 1 is 0.494 bits per heavy atom. The number of amides is 1. The number of carbonyl (C=O) groups excluding carboxylic acids is 4. The van der Waals surface area contributed by atoms with E-state index >= 15 is 0 Å². The number of unbranched alkanes of at least 4 members (excludes halogenated alkanes) is 36. The third-order valence-electron chi connectivity index (χ3n) is 17.5. The maximum Gasteiger partial charge on any atom is 0.470 e. The first-order valence-corrected chi connectivity index (χ1v) is 38.4. The Balaban J connectivity index is 0.0000104. The van der Waals surface area contributed by atoms with Crippen LogP contribution in [0.25, 0.3) is 0 Å². The molecular formula is C71H139N2O15P. The molecule has 17 nitrogen and oxygen atoms in total. The van der Waals surface area contributed by atoms with Gasteiger partial charge in [0.25, 0.3) is 0 Å². The van der Waals surface area contributed by atoms with Crippen molar-refractivity contribution in [2.75, 3.05) is 39.5 Å². The molecule has 0 aliphatic carbocycles. The number of aliphatic hydroxyl groups excluding tert-OH is 3. The van der Waals surface area contributed by atoms with Gasteiger partial charge in [-0.05, 0) is 58.2 Å². The fraction of sp³-hybridized carbons (Fsp3) is 0.944. The Morgan fingerprint density at radius 2 is 0.831 bits per heavy atom. The van der Waals surface area contributed by atoms with Crippen LogP contribution in [0.1, 0.15) is 344 Å². The second-order valence-electron chi connectivity index (χ2n) is 25.6. The summed E-state index contributed by atoms with van der Waals surface area (Å²) in [6.45, 7) is 17.0. The molecule has 0 bridgehead atoms. The highest BCUT2D eigenvalue weighted by Gasteiger charge is 2.51. The van der Waals surface area contributed by atoms with E-state index < -0.39 is 94.1 Å². The number of carbonyl (C=O) groups is 4. The Kier molecular flexibility index (Phi) is 59.5. The molecule has 1 amide bonds. The average Bonchev–Trinajstić information content (AvgIpc) is 1.61. The fourth-order valence-corrected chi connectivity index (χ4v) is 12.4. The van der Waals surface area contributed by atoms with Gasteiger partial charge in [-0.25, -0.2) is 4.57 Å². The summed E-state index contributed by atoms with van der Waals surface area (Å²) >= 11 is 0. The molecule has 1 aliphatic rings. The van der Waals surface area contributed by atoms with Crippen LogP contribution in [0.5, 0.6) is 0 Å². The van der Waals surface area contributed by atoms with E-state index in [2.05, 4.69) is 58.7 Å². The second kappa shape index (κ2) is 60.9. The number of aliphatic hydroxyl groups is 3. The lowest BCUT2D eigenvalue weighted by atomic mass is 9.85. The van der Waals surface area contributed by atoms with Gasteiger partial charge in [0, 0.05) is 19.3 Å². The van der Waals surface area contributed by atoms with Crippen LogP contribution in [0, 0.1) is 5.92 Å². The normalized spacial score (nSPS) is 17.9. The van der Waals surface area contributed by atoms with E-state index in [0.29, 0.717) is 32.1 Å². The molecule has 0 aromatic carbocycles. The van der Waals surface area contributed by atoms with E-state index in [9.17, 15) is 48.8 Å². The van der Waals surface area contributed by atoms with Crippen LogP contribution in [-0.2, 0) is 47.2 Å². The highest BCUT2D eigenvalue weighted by atomic mass is 31.2. The van der Waals surface area contributed by atoms with Crippen molar-refractivity contribution in [3.05, 3.63) is 0 Å². The van der Waals surface area contributed by atoms with Gasteiger partial charge >= 0.3 is 19.8 Å². The summed E-state index contributed by atoms with van der Waals surface area (Å²) in [6, 6.07) is -1.06. The Hall–Kier alpha value is -2.05. The standard InChI is InChI=1S/C65H124NO15P.C6H15N/c1-5-9-13-17-21-25-27-31-35-39-43-47-60(71)78-55(45-41-37-33-29-23-19-15-11-7-3)49-57(69)62-63(73)64(81-82(74,75)76)58(52-68)80-65(62)77-53-54(51-67)66-59(70)50-56(46-42-38-34-30-24-20-16-12-8-4)79-61(72)48-44-40-36-32-28-26-22-18-14-10-6-2;1-4-7(5-2)6-3/h54-56,58,62-65,67-68,73H,5-53H2,1-4H3,(H,66,70)(H2,74,75,76);4-6H2,1-3H3/t54-,55+,56+,58+,62+,63+,64+,65+;/m0./s1. The number of hydrogen-bond donors (Lipinski definition) is 6. The minimum absolute atomic E-state index is 0.149. The van der Waals surface area contributed by atoms with Gasteiger partial charge in [-0.1, -0.05) is 280 Å². The van der Waals surface area contributed by atoms with Crippen molar-refractivity contribution in [1.29, 1.82) is 0 Å². The summed E-state index contributed by atoms with van der Waals surface area (Å²) in [5.74, 6) is -3.61. The van der Waals surface area contributed by atoms with E-state index in [0.717, 1.165) is 89.9 Å². The molecule has 1 rings (SSSR count). The molecule has 6 N–H and O–H groups in total. The number of phosphoric acid groups is 1. The first kappa shape index (κ1) is 87.0. The number of nitrogens with zero attached hydrogens (tertiary/aromatic N) is 1. The second-order valence-corrected chi connectivity index (χ2v) is 26.8. The molecule has 8 atom stereocenters. The minimum Gasteiger partial charge on any atom is -0.462 e. The zero-order chi connectivity index (χ0) is 66.0. The molecule has 0 radical (unpaired) electrons. The van der Waals surface area contributed by atoms with Crippen molar-refractivity contribution in [3.63, 3.8) is 0 Å². The number of ether oxygens (including phenoxy) is 4. The Morgan fingerprint density at radius 3 is 1.15 bits per heavy atom. The fourth-order valence-electron chi connectivity index (χ4n) is 11.8. The zero-order valence-electron chi connectivity index (χ0n) is 58.1. The molecule has 0 aromatic rings. The molecular weight excluding hydrogens is 1150 g/mol. The maximum atomic E-state index is 14.5. The topological polar surface area (TPSA) is 248 Å². The van der Waals surface area contributed by atoms with Crippen LogP contribution >= 0.6 is 7.82 Å². The van der Waals surface area contributed by atoms with E-state index in [-0.39, 0.29) is 31.7 Å². The highest BCUT2D eigenvalue weighted by Crippen LogP contribution is 2.43. The molecule has 1 fully saturated rings. The molecule has 528 valence electrons. The molecule has 1 aliphatic heterocycles. The summed E-state index contributed by atoms with van der Waals surface area (Å²) in [5, 5.41) is 35.4. The molecule has 89 heavy (non-hydrogen) atoms. The van der Waals surface area contributed by atoms with Gasteiger partial charge in [0.2, 0.25) is 5.91 Å². The SMILES string of the molecule is CCCCCCCCCCCCCC(=O)O[C@H](CCCCCCCCCCC)CC(=O)N[C@@H](CO)CO[C@@H]1O[C@H](CO)[C@@H](OP(=O)(O)O)[C@H](O)[C@H]1C(=O)C[C@@H](CCCCCCCCCCC)OC(=O)CCCCCCCCCCCCC.CCN(CC)CC. The Labute approximate surface area is 543 Å². The van der Waals surface area contributed by atoms with Gasteiger partial charge in [-0.2, -0.15) is 0 Å². The molecule has 1 heterocycles. The van der Waals surface area contributed by atoms with Crippen LogP contribution in [0.2, 0.25) is 0 Å². The largest absolute Gasteiger partial charge is 0.470 e. The molecule has 0 spiro atoms. The van der Waals surface area contributed by atoms with Crippen molar-refractivity contribution in [2.45, 2.75) is 387 Å². The number of phosphoric ester groups is 1. The van der Waals surface area contributed by atoms with Crippen LogP contribution in [0.15, 0.2) is 0 Å². The molecule has 0 unspecified atom stereocenters. The van der Waals surface area contributed by atoms with Gasteiger partial charge in [0.05, 0.1) is 44.3 Å². The predicted molar refractivity (Wildman–Crippen MR) is 360 cm³/mol. The van der Waals surface area contributed by atoms with Gasteiger partial charge in [-0.15, -0.1) is 0 Å². The summed E-state index contributed by atoms with van der Waals surface area (Å²) in [5.41, 5.74) is 0. The smallest absolute Gasteiger partial charge is 0.462 e.